The average Bonchev–Trinajstić information content (AvgIpc) is 2.81. The summed E-state index contributed by atoms with van der Waals surface area (Å²) in [5, 5.41) is 1.35. The fraction of sp³-hybridized carbons (Fsp3) is 0.304. The quantitative estimate of drug-likeness (QED) is 0.564. The lowest BCUT2D eigenvalue weighted by atomic mass is 10.1. The molecule has 1 fully saturated rings. The minimum Gasteiger partial charge on any atom is -0.484 e. The van der Waals surface area contributed by atoms with Crippen molar-refractivity contribution in [1.29, 1.82) is 0 Å². The van der Waals surface area contributed by atoms with Crippen molar-refractivity contribution in [3.8, 4) is 5.75 Å². The van der Waals surface area contributed by atoms with E-state index in [1.54, 1.807) is 29.2 Å². The van der Waals surface area contributed by atoms with E-state index in [-0.39, 0.29) is 25.0 Å². The highest BCUT2D eigenvalue weighted by molar-refractivity contribution is 6.30. The van der Waals surface area contributed by atoms with E-state index in [0.29, 0.717) is 41.7 Å². The van der Waals surface area contributed by atoms with Gasteiger partial charge in [0.1, 0.15) is 23.9 Å². The molecule has 0 saturated carbocycles. The van der Waals surface area contributed by atoms with Crippen LogP contribution in [0.25, 0.3) is 10.9 Å². The standard InChI is InChI=1S/C23H24ClN5O4/c1-32-12-20-23(31)28(11-15-2-7-18-19(10-15)26-14-27-22(18)25)8-9-29(20)21(30)13-33-17-5-3-16(24)4-6-17/h2-7,10,14,20H,8-9,11-13H2,1H3,(H2,25,26,27)/t20-/m0/s1. The van der Waals surface area contributed by atoms with Crippen molar-refractivity contribution in [3.05, 3.63) is 59.4 Å². The number of nitrogens with zero attached hydrogens (tertiary/aromatic N) is 4. The Hall–Kier alpha value is -3.43. The van der Waals surface area contributed by atoms with Gasteiger partial charge < -0.3 is 25.0 Å². The van der Waals surface area contributed by atoms with Gasteiger partial charge in [-0.25, -0.2) is 9.97 Å². The van der Waals surface area contributed by atoms with Crippen molar-refractivity contribution in [3.63, 3.8) is 0 Å². The maximum atomic E-state index is 13.2. The number of amides is 2. The molecule has 1 atom stereocenters. The monoisotopic (exact) mass is 469 g/mol. The second-order valence-electron chi connectivity index (χ2n) is 7.67. The van der Waals surface area contributed by atoms with E-state index in [9.17, 15) is 9.59 Å². The van der Waals surface area contributed by atoms with Crippen LogP contribution in [-0.4, -0.2) is 71.0 Å². The fourth-order valence-electron chi connectivity index (χ4n) is 3.81. The Balaban J connectivity index is 1.43. The van der Waals surface area contributed by atoms with Gasteiger partial charge in [0.25, 0.3) is 5.91 Å². The molecule has 1 aromatic heterocycles. The van der Waals surface area contributed by atoms with Crippen LogP contribution in [0.4, 0.5) is 5.82 Å². The van der Waals surface area contributed by atoms with Crippen LogP contribution in [0.1, 0.15) is 5.56 Å². The van der Waals surface area contributed by atoms with Gasteiger partial charge >= 0.3 is 0 Å². The number of hydrogen-bond donors (Lipinski definition) is 1. The molecular formula is C23H24ClN5O4. The number of hydrogen-bond acceptors (Lipinski definition) is 7. The Bertz CT molecular complexity index is 1160. The number of carbonyl (C=O) groups is 2. The van der Waals surface area contributed by atoms with Crippen LogP contribution in [0, 0.1) is 0 Å². The van der Waals surface area contributed by atoms with Gasteiger partial charge in [-0.2, -0.15) is 0 Å². The first-order valence-electron chi connectivity index (χ1n) is 10.4. The van der Waals surface area contributed by atoms with Gasteiger partial charge in [-0.1, -0.05) is 17.7 Å². The van der Waals surface area contributed by atoms with E-state index in [0.717, 1.165) is 10.9 Å². The summed E-state index contributed by atoms with van der Waals surface area (Å²) in [6, 6.07) is 11.7. The Morgan fingerprint density at radius 3 is 2.73 bits per heavy atom. The number of benzene rings is 2. The van der Waals surface area contributed by atoms with Crippen molar-refractivity contribution in [2.75, 3.05) is 39.1 Å². The Morgan fingerprint density at radius 1 is 1.18 bits per heavy atom. The van der Waals surface area contributed by atoms with Gasteiger partial charge in [-0.05, 0) is 42.0 Å². The molecule has 1 aliphatic heterocycles. The lowest BCUT2D eigenvalue weighted by Gasteiger charge is -2.40. The minimum absolute atomic E-state index is 0.101. The number of aromatic nitrogens is 2. The molecule has 3 aromatic rings. The molecule has 2 aromatic carbocycles. The third-order valence-electron chi connectivity index (χ3n) is 5.51. The smallest absolute Gasteiger partial charge is 0.261 e. The fourth-order valence-corrected chi connectivity index (χ4v) is 3.94. The van der Waals surface area contributed by atoms with Crippen LogP contribution in [0.5, 0.6) is 5.75 Å². The van der Waals surface area contributed by atoms with Crippen molar-refractivity contribution >= 4 is 40.1 Å². The zero-order valence-electron chi connectivity index (χ0n) is 18.1. The van der Waals surface area contributed by atoms with Crippen LogP contribution in [0.2, 0.25) is 5.02 Å². The van der Waals surface area contributed by atoms with E-state index >= 15 is 0 Å². The first-order valence-corrected chi connectivity index (χ1v) is 10.8. The first kappa shape index (κ1) is 22.8. The van der Waals surface area contributed by atoms with Gasteiger partial charge in [-0.3, -0.25) is 9.59 Å². The summed E-state index contributed by atoms with van der Waals surface area (Å²) in [4.78, 5) is 37.5. The third kappa shape index (κ3) is 5.15. The number of piperazine rings is 1. The van der Waals surface area contributed by atoms with Crippen LogP contribution >= 0.6 is 11.6 Å². The van der Waals surface area contributed by atoms with E-state index in [2.05, 4.69) is 9.97 Å². The molecule has 2 amide bonds. The number of methoxy groups -OCH3 is 1. The molecule has 1 aliphatic rings. The summed E-state index contributed by atoms with van der Waals surface area (Å²) >= 11 is 5.87. The lowest BCUT2D eigenvalue weighted by molar-refractivity contribution is -0.155. The molecular weight excluding hydrogens is 446 g/mol. The average molecular weight is 470 g/mol. The van der Waals surface area contributed by atoms with Crippen LogP contribution in [0.15, 0.2) is 48.8 Å². The molecule has 4 rings (SSSR count). The van der Waals surface area contributed by atoms with Crippen LogP contribution < -0.4 is 10.5 Å². The summed E-state index contributed by atoms with van der Waals surface area (Å²) in [6.45, 7) is 1.09. The molecule has 9 nitrogen and oxygen atoms in total. The molecule has 33 heavy (non-hydrogen) atoms. The third-order valence-corrected chi connectivity index (χ3v) is 5.76. The van der Waals surface area contributed by atoms with Gasteiger partial charge in [0.15, 0.2) is 6.61 Å². The largest absolute Gasteiger partial charge is 0.484 e. The van der Waals surface area contributed by atoms with Crippen molar-refractivity contribution in [2.45, 2.75) is 12.6 Å². The number of rotatable bonds is 7. The maximum absolute atomic E-state index is 13.2. The SMILES string of the molecule is COC[C@H]1C(=O)N(Cc2ccc3c(N)ncnc3c2)CCN1C(=O)COc1ccc(Cl)cc1. The predicted molar refractivity (Wildman–Crippen MR) is 124 cm³/mol. The molecule has 0 radical (unpaired) electrons. The summed E-state index contributed by atoms with van der Waals surface area (Å²) in [7, 11) is 1.51. The maximum Gasteiger partial charge on any atom is 0.261 e. The zero-order valence-corrected chi connectivity index (χ0v) is 18.9. The van der Waals surface area contributed by atoms with Crippen molar-refractivity contribution in [1.82, 2.24) is 19.8 Å². The van der Waals surface area contributed by atoms with Gasteiger partial charge in [0.2, 0.25) is 5.91 Å². The predicted octanol–water partition coefficient (Wildman–Crippen LogP) is 2.13. The lowest BCUT2D eigenvalue weighted by Crippen LogP contribution is -2.60. The second kappa shape index (κ2) is 10.0. The normalized spacial score (nSPS) is 16.3. The zero-order chi connectivity index (χ0) is 23.4. The summed E-state index contributed by atoms with van der Waals surface area (Å²) in [5.74, 6) is 0.487. The highest BCUT2D eigenvalue weighted by atomic mass is 35.5. The summed E-state index contributed by atoms with van der Waals surface area (Å²) in [5.41, 5.74) is 7.52. The van der Waals surface area contributed by atoms with Crippen LogP contribution in [0.3, 0.4) is 0 Å². The van der Waals surface area contributed by atoms with Crippen molar-refractivity contribution < 1.29 is 19.1 Å². The van der Waals surface area contributed by atoms with Gasteiger partial charge in [-0.15, -0.1) is 0 Å². The van der Waals surface area contributed by atoms with Crippen LogP contribution in [-0.2, 0) is 20.9 Å². The number of nitrogens with two attached hydrogens (primary N) is 1. The Labute approximate surface area is 196 Å². The number of anilines is 1. The number of fused-ring (bicyclic) bond motifs is 1. The first-order chi connectivity index (χ1) is 16.0. The molecule has 0 spiro atoms. The van der Waals surface area contributed by atoms with Gasteiger partial charge in [0, 0.05) is 37.2 Å². The Morgan fingerprint density at radius 2 is 1.97 bits per heavy atom. The van der Waals surface area contributed by atoms with Gasteiger partial charge in [0.05, 0.1) is 12.1 Å². The van der Waals surface area contributed by atoms with E-state index in [1.807, 2.05) is 18.2 Å². The molecule has 0 unspecified atom stereocenters. The van der Waals surface area contributed by atoms with E-state index < -0.39 is 6.04 Å². The number of nitrogen functional groups attached to an aromatic ring is 1. The number of halogens is 1. The summed E-state index contributed by atoms with van der Waals surface area (Å²) in [6.07, 6.45) is 1.41. The second-order valence-corrected chi connectivity index (χ2v) is 8.11. The molecule has 1 saturated heterocycles. The molecule has 172 valence electrons. The highest BCUT2D eigenvalue weighted by Crippen LogP contribution is 2.21. The highest BCUT2D eigenvalue weighted by Gasteiger charge is 2.37. The number of carbonyl (C=O) groups excluding carboxylic acids is 2. The number of ether oxygens (including phenoxy) is 2. The molecule has 10 heteroatoms. The minimum atomic E-state index is -0.719. The molecule has 2 heterocycles. The van der Waals surface area contributed by atoms with Crippen molar-refractivity contribution in [2.24, 2.45) is 0 Å². The summed E-state index contributed by atoms with van der Waals surface area (Å²) < 4.78 is 10.8. The molecule has 2 N–H and O–H groups in total. The Kier molecular flexibility index (Phi) is 6.90. The van der Waals surface area contributed by atoms with E-state index in [1.165, 1.54) is 18.3 Å². The molecule has 0 aliphatic carbocycles. The van der Waals surface area contributed by atoms with E-state index in [4.69, 9.17) is 26.8 Å². The topological polar surface area (TPSA) is 111 Å². The molecule has 0 bridgehead atoms.